The van der Waals surface area contributed by atoms with E-state index in [0.29, 0.717) is 0 Å². The van der Waals surface area contributed by atoms with Gasteiger partial charge in [0.25, 0.3) is 5.56 Å². The highest BCUT2D eigenvalue weighted by Crippen LogP contribution is 2.47. The number of ether oxygens (including phenoxy) is 2. The molecule has 198 valence electrons. The first-order valence-corrected chi connectivity index (χ1v) is 13.1. The van der Waals surface area contributed by atoms with Crippen molar-refractivity contribution in [2.45, 2.75) is 63.2 Å². The van der Waals surface area contributed by atoms with Gasteiger partial charge in [-0.25, -0.2) is 9.36 Å². The van der Waals surface area contributed by atoms with Crippen LogP contribution < -0.4 is 20.9 Å². The fourth-order valence-corrected chi connectivity index (χ4v) is 5.20. The number of benzene rings is 1. The Labute approximate surface area is 212 Å². The van der Waals surface area contributed by atoms with Crippen LogP contribution in [0.2, 0.25) is 0 Å². The summed E-state index contributed by atoms with van der Waals surface area (Å²) in [5.41, 5.74) is -3.14. The summed E-state index contributed by atoms with van der Waals surface area (Å²) >= 11 is 6.41. The van der Waals surface area contributed by atoms with Crippen molar-refractivity contribution in [3.05, 3.63) is 63.4 Å². The van der Waals surface area contributed by atoms with Gasteiger partial charge in [0, 0.05) is 12.3 Å². The molecule has 1 aromatic carbocycles. The van der Waals surface area contributed by atoms with Gasteiger partial charge in [0.15, 0.2) is 6.23 Å². The van der Waals surface area contributed by atoms with Crippen molar-refractivity contribution in [3.8, 4) is 5.75 Å². The van der Waals surface area contributed by atoms with Crippen molar-refractivity contribution < 1.29 is 33.0 Å². The number of carbonyl (C=O) groups excluding carboxylic acids is 1. The van der Waals surface area contributed by atoms with Crippen molar-refractivity contribution in [3.63, 3.8) is 0 Å². The zero-order chi connectivity index (χ0) is 26.7. The highest BCUT2D eigenvalue weighted by atomic mass is 35.5. The quantitative estimate of drug-likeness (QED) is 0.229. The molecule has 1 aliphatic rings. The number of aromatic nitrogens is 2. The van der Waals surface area contributed by atoms with Crippen LogP contribution in [0.4, 0.5) is 0 Å². The maximum absolute atomic E-state index is 13.6. The summed E-state index contributed by atoms with van der Waals surface area (Å²) in [7, 11) is -4.23. The van der Waals surface area contributed by atoms with Gasteiger partial charge in [-0.2, -0.15) is 5.09 Å². The summed E-state index contributed by atoms with van der Waals surface area (Å²) in [6.45, 7) is 5.66. The first kappa shape index (κ1) is 28.1. The van der Waals surface area contributed by atoms with Gasteiger partial charge in [-0.05, 0) is 39.8 Å². The van der Waals surface area contributed by atoms with Crippen LogP contribution in [-0.4, -0.2) is 56.5 Å². The van der Waals surface area contributed by atoms with Gasteiger partial charge in [0.05, 0.1) is 12.7 Å². The largest absolute Gasteiger partial charge is 0.462 e. The van der Waals surface area contributed by atoms with E-state index in [2.05, 4.69) is 10.1 Å². The Morgan fingerprint density at radius 3 is 2.56 bits per heavy atom. The maximum atomic E-state index is 13.6. The van der Waals surface area contributed by atoms with Crippen LogP contribution in [0.1, 0.15) is 33.9 Å². The van der Waals surface area contributed by atoms with Crippen LogP contribution in [-0.2, 0) is 23.4 Å². The minimum Gasteiger partial charge on any atom is -0.462 e. The molecular formula is C22H29ClN3O9P. The molecule has 1 aliphatic heterocycles. The fourth-order valence-electron chi connectivity index (χ4n) is 3.38. The Bertz CT molecular complexity index is 1220. The smallest absolute Gasteiger partial charge is 0.459 e. The van der Waals surface area contributed by atoms with Gasteiger partial charge >= 0.3 is 19.4 Å². The summed E-state index contributed by atoms with van der Waals surface area (Å²) in [5, 5.41) is 12.4. The molecule has 2 aromatic rings. The van der Waals surface area contributed by atoms with Crippen LogP contribution in [0.3, 0.4) is 0 Å². The number of rotatable bonds is 10. The average Bonchev–Trinajstić information content (AvgIpc) is 3.01. The summed E-state index contributed by atoms with van der Waals surface area (Å²) in [6.07, 6.45) is -1.54. The lowest BCUT2D eigenvalue weighted by Crippen LogP contribution is -2.45. The molecular weight excluding hydrogens is 517 g/mol. The molecule has 3 N–H and O–H groups in total. The number of alkyl halides is 1. The second kappa shape index (κ2) is 11.3. The van der Waals surface area contributed by atoms with Crippen LogP contribution in [0.5, 0.6) is 5.75 Å². The van der Waals surface area contributed by atoms with Gasteiger partial charge in [0.1, 0.15) is 28.9 Å². The molecule has 0 aliphatic carbocycles. The first-order valence-electron chi connectivity index (χ1n) is 11.1. The Morgan fingerprint density at radius 2 is 1.94 bits per heavy atom. The predicted molar refractivity (Wildman–Crippen MR) is 130 cm³/mol. The zero-order valence-corrected chi connectivity index (χ0v) is 21.8. The van der Waals surface area contributed by atoms with Gasteiger partial charge in [0.2, 0.25) is 0 Å². The summed E-state index contributed by atoms with van der Waals surface area (Å²) in [5.74, 6) is -0.474. The lowest BCUT2D eigenvalue weighted by molar-refractivity contribution is -0.149. The van der Waals surface area contributed by atoms with Crippen molar-refractivity contribution in [1.29, 1.82) is 0 Å². The number of H-pyrrole nitrogens is 1. The third-order valence-corrected chi connectivity index (χ3v) is 7.61. The van der Waals surface area contributed by atoms with Crippen LogP contribution in [0.15, 0.2) is 52.2 Å². The van der Waals surface area contributed by atoms with E-state index >= 15 is 0 Å². The third kappa shape index (κ3) is 6.64. The van der Waals surface area contributed by atoms with E-state index in [1.54, 1.807) is 44.2 Å². The average molecular weight is 546 g/mol. The minimum atomic E-state index is -4.23. The summed E-state index contributed by atoms with van der Waals surface area (Å²) in [6, 6.07) is 8.18. The number of para-hydroxylation sites is 1. The fraction of sp³-hybridized carbons (Fsp3) is 0.500. The van der Waals surface area contributed by atoms with E-state index in [1.165, 1.54) is 20.0 Å². The third-order valence-electron chi connectivity index (χ3n) is 5.31. The number of nitrogens with one attached hydrogen (secondary N) is 2. The van der Waals surface area contributed by atoms with Crippen molar-refractivity contribution in [1.82, 2.24) is 14.6 Å². The van der Waals surface area contributed by atoms with E-state index in [1.807, 2.05) is 0 Å². The number of aliphatic hydroxyl groups is 1. The second-order valence-electron chi connectivity index (χ2n) is 8.69. The molecule has 1 unspecified atom stereocenters. The lowest BCUT2D eigenvalue weighted by Gasteiger charge is -2.28. The predicted octanol–water partition coefficient (Wildman–Crippen LogP) is 1.93. The molecule has 1 aromatic heterocycles. The molecule has 0 radical (unpaired) electrons. The number of nitrogens with zero attached hydrogens (tertiary/aromatic N) is 1. The molecule has 6 atom stereocenters. The Hall–Kier alpha value is -2.47. The SMILES string of the molecule is CC(C)OC(=O)[C@H](C)NP(=O)(OC[C@H]1O[C@@H](n2ccc(=O)[nH]c2=O)[C@H](Cl)[C@]1(C)O)Oc1ccccc1. The van der Waals surface area contributed by atoms with E-state index in [9.17, 15) is 24.1 Å². The van der Waals surface area contributed by atoms with Crippen LogP contribution in [0.25, 0.3) is 0 Å². The molecule has 0 saturated carbocycles. The Kier molecular flexibility index (Phi) is 8.81. The minimum absolute atomic E-state index is 0.199. The van der Waals surface area contributed by atoms with Gasteiger partial charge in [-0.15, -0.1) is 11.6 Å². The van der Waals surface area contributed by atoms with E-state index in [-0.39, 0.29) is 5.75 Å². The molecule has 3 rings (SSSR count). The van der Waals surface area contributed by atoms with Crippen LogP contribution >= 0.6 is 19.3 Å². The Morgan fingerprint density at radius 1 is 1.28 bits per heavy atom. The number of hydrogen-bond acceptors (Lipinski definition) is 9. The van der Waals surface area contributed by atoms with Crippen molar-refractivity contribution in [2.75, 3.05) is 6.61 Å². The van der Waals surface area contributed by atoms with E-state index in [4.69, 9.17) is 30.1 Å². The molecule has 1 saturated heterocycles. The maximum Gasteiger partial charge on any atom is 0.459 e. The van der Waals surface area contributed by atoms with E-state index in [0.717, 1.165) is 10.6 Å². The lowest BCUT2D eigenvalue weighted by atomic mass is 9.97. The molecule has 36 heavy (non-hydrogen) atoms. The van der Waals surface area contributed by atoms with Crippen molar-refractivity contribution in [2.24, 2.45) is 0 Å². The summed E-state index contributed by atoms with van der Waals surface area (Å²) in [4.78, 5) is 38.0. The molecule has 14 heteroatoms. The number of hydrogen-bond donors (Lipinski definition) is 3. The summed E-state index contributed by atoms with van der Waals surface area (Å²) < 4.78 is 36.8. The molecule has 0 spiro atoms. The Balaban J connectivity index is 1.80. The molecule has 12 nitrogen and oxygen atoms in total. The van der Waals surface area contributed by atoms with Crippen LogP contribution in [0, 0.1) is 0 Å². The normalized spacial score (nSPS) is 26.4. The van der Waals surface area contributed by atoms with Gasteiger partial charge < -0.3 is 19.1 Å². The monoisotopic (exact) mass is 545 g/mol. The molecule has 0 bridgehead atoms. The second-order valence-corrected chi connectivity index (χ2v) is 10.9. The number of esters is 1. The number of halogens is 1. The molecule has 2 heterocycles. The van der Waals surface area contributed by atoms with E-state index < -0.39 is 67.0 Å². The van der Waals surface area contributed by atoms with Gasteiger partial charge in [-0.3, -0.25) is 23.7 Å². The number of aromatic amines is 1. The topological polar surface area (TPSA) is 158 Å². The highest BCUT2D eigenvalue weighted by Gasteiger charge is 2.54. The standard InChI is InChI=1S/C22H29ClN3O9P/c1-13(2)33-20(28)14(3)25-36(31,35-15-8-6-5-7-9-15)32-12-16-22(4,30)18(23)19(34-16)26-11-10-17(27)24-21(26)29/h5-11,13-14,16,18-19,30H,12H2,1-4H3,(H,25,31)(H,24,27,29)/t14-,16+,18-,19+,22+,36?/m0/s1. The molecule has 1 fully saturated rings. The molecule has 0 amide bonds. The van der Waals surface area contributed by atoms with Crippen molar-refractivity contribution >= 4 is 25.3 Å². The zero-order valence-electron chi connectivity index (χ0n) is 20.1. The highest BCUT2D eigenvalue weighted by molar-refractivity contribution is 7.52. The number of carbonyl (C=O) groups is 1. The van der Waals surface area contributed by atoms with Gasteiger partial charge in [-0.1, -0.05) is 18.2 Å². The first-order chi connectivity index (χ1) is 16.8.